The summed E-state index contributed by atoms with van der Waals surface area (Å²) < 4.78 is 0. The molecule has 9 nitrogen and oxygen atoms in total. The van der Waals surface area contributed by atoms with Crippen LogP contribution in [-0.2, 0) is 19.2 Å². The van der Waals surface area contributed by atoms with Gasteiger partial charge >= 0.3 is 5.97 Å². The summed E-state index contributed by atoms with van der Waals surface area (Å²) in [5, 5.41) is 16.4. The number of aliphatic carboxylic acids is 1. The van der Waals surface area contributed by atoms with Crippen LogP contribution >= 0.6 is 25.3 Å². The average molecular weight is 437 g/mol. The fourth-order valence-electron chi connectivity index (χ4n) is 2.21. The van der Waals surface area contributed by atoms with Crippen LogP contribution in [0.25, 0.3) is 0 Å². The third kappa shape index (κ3) is 8.27. The van der Waals surface area contributed by atoms with Crippen molar-refractivity contribution in [3.8, 4) is 0 Å². The Bertz CT molecular complexity index is 562. The van der Waals surface area contributed by atoms with E-state index in [2.05, 4.69) is 41.2 Å². The Morgan fingerprint density at radius 1 is 0.893 bits per heavy atom. The second-order valence-corrected chi connectivity index (χ2v) is 7.70. The number of rotatable bonds is 12. The molecule has 6 N–H and O–H groups in total. The number of hydrogen-bond donors (Lipinski definition) is 7. The highest BCUT2D eigenvalue weighted by Gasteiger charge is 2.31. The van der Waals surface area contributed by atoms with Crippen LogP contribution in [0.15, 0.2) is 0 Å². The summed E-state index contributed by atoms with van der Waals surface area (Å²) in [6.45, 7) is 7.25. The van der Waals surface area contributed by atoms with E-state index in [0.29, 0.717) is 6.42 Å². The molecule has 0 aromatic carbocycles. The first-order chi connectivity index (χ1) is 13.0. The van der Waals surface area contributed by atoms with Crippen LogP contribution in [0.4, 0.5) is 0 Å². The van der Waals surface area contributed by atoms with Crippen molar-refractivity contribution < 1.29 is 24.3 Å². The lowest BCUT2D eigenvalue weighted by atomic mass is 9.97. The first-order valence-corrected chi connectivity index (χ1v) is 10.4. The number of hydrogen-bond acceptors (Lipinski definition) is 7. The monoisotopic (exact) mass is 436 g/mol. The lowest BCUT2D eigenvalue weighted by Crippen LogP contribution is -2.59. The van der Waals surface area contributed by atoms with Gasteiger partial charge in [-0.2, -0.15) is 25.3 Å². The molecule has 5 atom stereocenters. The molecular formula is C17H32N4O5S2. The molecular weight excluding hydrogens is 404 g/mol. The largest absolute Gasteiger partial charge is 0.480 e. The quantitative estimate of drug-likeness (QED) is 0.203. The standard InChI is InChI=1S/C17H32N4O5S2/c1-5-9(4)12(18)15(23)21-13(8(2)3)16(24)19-10(6-27)14(22)20-11(7-28)17(25)26/h8-13,27-28H,5-7,18H2,1-4H3,(H,19,24)(H,20,22)(H,21,23)(H,25,26). The molecule has 0 bridgehead atoms. The molecule has 28 heavy (non-hydrogen) atoms. The maximum atomic E-state index is 12.6. The molecule has 0 saturated carbocycles. The van der Waals surface area contributed by atoms with Gasteiger partial charge in [0.25, 0.3) is 0 Å². The zero-order chi connectivity index (χ0) is 22.0. The van der Waals surface area contributed by atoms with Crippen LogP contribution in [0.2, 0.25) is 0 Å². The molecule has 3 amide bonds. The number of amides is 3. The molecule has 0 aromatic heterocycles. The number of nitrogens with one attached hydrogen (secondary N) is 3. The van der Waals surface area contributed by atoms with Gasteiger partial charge in [-0.25, -0.2) is 4.79 Å². The fourth-order valence-corrected chi connectivity index (χ4v) is 2.71. The summed E-state index contributed by atoms with van der Waals surface area (Å²) in [5.41, 5.74) is 5.91. The first kappa shape index (κ1) is 26.5. The highest BCUT2D eigenvalue weighted by molar-refractivity contribution is 7.80. The minimum atomic E-state index is -1.24. The molecule has 0 spiro atoms. The van der Waals surface area contributed by atoms with E-state index in [4.69, 9.17) is 10.8 Å². The van der Waals surface area contributed by atoms with Crippen LogP contribution < -0.4 is 21.7 Å². The van der Waals surface area contributed by atoms with E-state index in [1.807, 2.05) is 13.8 Å². The van der Waals surface area contributed by atoms with Crippen LogP contribution in [0.1, 0.15) is 34.1 Å². The second kappa shape index (κ2) is 12.9. The van der Waals surface area contributed by atoms with Crippen molar-refractivity contribution in [2.45, 2.75) is 58.3 Å². The third-order valence-electron chi connectivity index (χ3n) is 4.42. The zero-order valence-corrected chi connectivity index (χ0v) is 18.4. The highest BCUT2D eigenvalue weighted by Crippen LogP contribution is 2.08. The van der Waals surface area contributed by atoms with Gasteiger partial charge in [0.15, 0.2) is 0 Å². The van der Waals surface area contributed by atoms with Gasteiger partial charge in [0.2, 0.25) is 17.7 Å². The smallest absolute Gasteiger partial charge is 0.327 e. The topological polar surface area (TPSA) is 151 Å². The van der Waals surface area contributed by atoms with Gasteiger partial charge in [-0.1, -0.05) is 34.1 Å². The Labute approximate surface area is 176 Å². The van der Waals surface area contributed by atoms with Crippen LogP contribution in [0.5, 0.6) is 0 Å². The van der Waals surface area contributed by atoms with E-state index in [0.717, 1.165) is 0 Å². The zero-order valence-electron chi connectivity index (χ0n) is 16.6. The van der Waals surface area contributed by atoms with Crippen molar-refractivity contribution >= 4 is 48.9 Å². The van der Waals surface area contributed by atoms with Crippen molar-refractivity contribution in [3.05, 3.63) is 0 Å². The lowest BCUT2D eigenvalue weighted by Gasteiger charge is -2.27. The number of nitrogens with two attached hydrogens (primary N) is 1. The Balaban J connectivity index is 5.12. The fraction of sp³-hybridized carbons (Fsp3) is 0.765. The Morgan fingerprint density at radius 3 is 1.79 bits per heavy atom. The maximum Gasteiger partial charge on any atom is 0.327 e. The van der Waals surface area contributed by atoms with Crippen molar-refractivity contribution in [3.63, 3.8) is 0 Å². The Hall–Kier alpha value is -1.46. The molecule has 0 aliphatic rings. The second-order valence-electron chi connectivity index (χ2n) is 6.97. The summed E-state index contributed by atoms with van der Waals surface area (Å²) >= 11 is 7.92. The number of thiol groups is 2. The minimum Gasteiger partial charge on any atom is -0.480 e. The van der Waals surface area contributed by atoms with Crippen LogP contribution in [0, 0.1) is 11.8 Å². The normalized spacial score (nSPS) is 16.4. The molecule has 0 rings (SSSR count). The molecule has 11 heteroatoms. The first-order valence-electron chi connectivity index (χ1n) is 9.11. The van der Waals surface area contributed by atoms with Crippen molar-refractivity contribution in [2.24, 2.45) is 17.6 Å². The number of carboxylic acid groups (broad SMARTS) is 1. The third-order valence-corrected chi connectivity index (χ3v) is 5.15. The summed E-state index contributed by atoms with van der Waals surface area (Å²) in [7, 11) is 0. The van der Waals surface area contributed by atoms with Gasteiger partial charge in [-0.3, -0.25) is 14.4 Å². The molecule has 0 fully saturated rings. The van der Waals surface area contributed by atoms with E-state index in [1.165, 1.54) is 0 Å². The molecule has 0 aliphatic carbocycles. The molecule has 0 saturated heterocycles. The minimum absolute atomic E-state index is 0.0539. The molecule has 162 valence electrons. The molecule has 0 aromatic rings. The predicted molar refractivity (Wildman–Crippen MR) is 113 cm³/mol. The van der Waals surface area contributed by atoms with E-state index < -0.39 is 47.9 Å². The lowest BCUT2D eigenvalue weighted by molar-refractivity contribution is -0.141. The van der Waals surface area contributed by atoms with Gasteiger partial charge in [0, 0.05) is 11.5 Å². The van der Waals surface area contributed by atoms with Crippen LogP contribution in [-0.4, -0.2) is 64.5 Å². The van der Waals surface area contributed by atoms with Gasteiger partial charge in [-0.05, 0) is 11.8 Å². The van der Waals surface area contributed by atoms with Gasteiger partial charge in [-0.15, -0.1) is 0 Å². The SMILES string of the molecule is CCC(C)C(N)C(=O)NC(C(=O)NC(CS)C(=O)NC(CS)C(=O)O)C(C)C. The van der Waals surface area contributed by atoms with E-state index in [-0.39, 0.29) is 23.3 Å². The molecule has 0 radical (unpaired) electrons. The van der Waals surface area contributed by atoms with Crippen molar-refractivity contribution in [1.82, 2.24) is 16.0 Å². The van der Waals surface area contributed by atoms with Gasteiger partial charge < -0.3 is 26.8 Å². The summed E-state index contributed by atoms with van der Waals surface area (Å²) in [6, 6.07) is -3.92. The predicted octanol–water partition coefficient (Wildman–Crippen LogP) is -0.586. The van der Waals surface area contributed by atoms with Gasteiger partial charge in [0.1, 0.15) is 18.1 Å². The molecule has 0 heterocycles. The number of carbonyl (C=O) groups excluding carboxylic acids is 3. The molecule has 0 aliphatic heterocycles. The van der Waals surface area contributed by atoms with Crippen molar-refractivity contribution in [1.29, 1.82) is 0 Å². The number of carboxylic acids is 1. The average Bonchev–Trinajstić information content (AvgIpc) is 2.65. The van der Waals surface area contributed by atoms with E-state index in [9.17, 15) is 19.2 Å². The molecule has 5 unspecified atom stereocenters. The Morgan fingerprint density at radius 2 is 1.39 bits per heavy atom. The summed E-state index contributed by atoms with van der Waals surface area (Å²) in [4.78, 5) is 48.2. The van der Waals surface area contributed by atoms with Crippen LogP contribution in [0.3, 0.4) is 0 Å². The van der Waals surface area contributed by atoms with E-state index in [1.54, 1.807) is 13.8 Å². The summed E-state index contributed by atoms with van der Waals surface area (Å²) in [5.74, 6) is -3.44. The van der Waals surface area contributed by atoms with Crippen molar-refractivity contribution in [2.75, 3.05) is 11.5 Å². The Kier molecular flexibility index (Phi) is 12.2. The van der Waals surface area contributed by atoms with E-state index >= 15 is 0 Å². The maximum absolute atomic E-state index is 12.6. The number of carbonyl (C=O) groups is 4. The summed E-state index contributed by atoms with van der Waals surface area (Å²) in [6.07, 6.45) is 0.713. The van der Waals surface area contributed by atoms with Gasteiger partial charge in [0.05, 0.1) is 6.04 Å². The highest BCUT2D eigenvalue weighted by atomic mass is 32.1.